The fraction of sp³-hybridized carbons (Fsp3) is 0.385. The zero-order valence-corrected chi connectivity index (χ0v) is 11.4. The van der Waals surface area contributed by atoms with E-state index in [0.717, 1.165) is 0 Å². The van der Waals surface area contributed by atoms with Gasteiger partial charge in [-0.15, -0.1) is 0 Å². The molecule has 2 N–H and O–H groups in total. The maximum atomic E-state index is 11.7. The van der Waals surface area contributed by atoms with Crippen molar-refractivity contribution in [1.29, 1.82) is 0 Å². The Kier molecular flexibility index (Phi) is 5.64. The number of nitrogens with zero attached hydrogens (tertiary/aromatic N) is 1. The highest BCUT2D eigenvalue weighted by Gasteiger charge is 2.10. The molecule has 108 valence electrons. The molecule has 0 heterocycles. The van der Waals surface area contributed by atoms with E-state index < -0.39 is 4.92 Å². The summed E-state index contributed by atoms with van der Waals surface area (Å²) in [6, 6.07) is 5.34. The summed E-state index contributed by atoms with van der Waals surface area (Å²) >= 11 is 0. The van der Waals surface area contributed by atoms with Gasteiger partial charge in [-0.2, -0.15) is 0 Å². The van der Waals surface area contributed by atoms with Gasteiger partial charge in [0.2, 0.25) is 5.91 Å². The highest BCUT2D eigenvalue weighted by molar-refractivity contribution is 5.94. The molecular weight excluding hydrogens is 262 g/mol. The third-order valence-electron chi connectivity index (χ3n) is 2.43. The number of non-ortho nitro benzene ring substituents is 1. The summed E-state index contributed by atoms with van der Waals surface area (Å²) in [6.45, 7) is 3.93. The van der Waals surface area contributed by atoms with E-state index in [-0.39, 0.29) is 36.5 Å². The van der Waals surface area contributed by atoms with Gasteiger partial charge < -0.3 is 10.6 Å². The molecule has 20 heavy (non-hydrogen) atoms. The highest BCUT2D eigenvalue weighted by Crippen LogP contribution is 2.11. The van der Waals surface area contributed by atoms with Crippen LogP contribution >= 0.6 is 0 Å². The van der Waals surface area contributed by atoms with Crippen LogP contribution < -0.4 is 10.6 Å². The topological polar surface area (TPSA) is 101 Å². The first-order chi connectivity index (χ1) is 9.40. The number of nitro groups is 1. The third-order valence-corrected chi connectivity index (χ3v) is 2.43. The van der Waals surface area contributed by atoms with E-state index in [9.17, 15) is 19.7 Å². The summed E-state index contributed by atoms with van der Waals surface area (Å²) < 4.78 is 0. The van der Waals surface area contributed by atoms with Gasteiger partial charge in [-0.1, -0.05) is 0 Å². The van der Waals surface area contributed by atoms with Crippen molar-refractivity contribution < 1.29 is 14.5 Å². The van der Waals surface area contributed by atoms with Crippen LogP contribution in [0.4, 0.5) is 5.69 Å². The van der Waals surface area contributed by atoms with Crippen LogP contribution in [0.25, 0.3) is 0 Å². The van der Waals surface area contributed by atoms with Gasteiger partial charge >= 0.3 is 0 Å². The average Bonchev–Trinajstić information content (AvgIpc) is 2.37. The van der Waals surface area contributed by atoms with Crippen LogP contribution in [-0.2, 0) is 4.79 Å². The Balaban J connectivity index is 2.43. The largest absolute Gasteiger partial charge is 0.354 e. The van der Waals surface area contributed by atoms with E-state index in [1.807, 2.05) is 13.8 Å². The van der Waals surface area contributed by atoms with E-state index in [0.29, 0.717) is 5.56 Å². The van der Waals surface area contributed by atoms with Crippen LogP contribution in [0.1, 0.15) is 30.6 Å². The summed E-state index contributed by atoms with van der Waals surface area (Å²) in [7, 11) is 0. The second-order valence-electron chi connectivity index (χ2n) is 4.53. The van der Waals surface area contributed by atoms with Crippen molar-refractivity contribution >= 4 is 17.5 Å². The Hall–Kier alpha value is -2.44. The molecule has 0 aromatic heterocycles. The van der Waals surface area contributed by atoms with Gasteiger partial charge in [-0.3, -0.25) is 19.7 Å². The summed E-state index contributed by atoms with van der Waals surface area (Å²) in [4.78, 5) is 33.0. The normalized spacial score (nSPS) is 10.2. The number of carbonyl (C=O) groups is 2. The molecule has 2 amide bonds. The second-order valence-corrected chi connectivity index (χ2v) is 4.53. The zero-order chi connectivity index (χ0) is 15.1. The summed E-state index contributed by atoms with van der Waals surface area (Å²) in [5, 5.41) is 15.8. The molecule has 7 nitrogen and oxygen atoms in total. The Morgan fingerprint density at radius 2 is 1.85 bits per heavy atom. The fourth-order valence-electron chi connectivity index (χ4n) is 1.52. The molecule has 0 saturated carbocycles. The number of benzene rings is 1. The van der Waals surface area contributed by atoms with E-state index in [2.05, 4.69) is 10.6 Å². The van der Waals surface area contributed by atoms with Crippen LogP contribution in [0, 0.1) is 10.1 Å². The SMILES string of the molecule is CC(C)NC(=O)CCNC(=O)c1ccc([N+](=O)[O-])cc1. The van der Waals surface area contributed by atoms with Crippen molar-refractivity contribution in [2.75, 3.05) is 6.54 Å². The molecule has 0 aliphatic carbocycles. The molecule has 1 aromatic carbocycles. The zero-order valence-electron chi connectivity index (χ0n) is 11.4. The third kappa shape index (κ3) is 5.05. The van der Waals surface area contributed by atoms with Gasteiger partial charge in [0, 0.05) is 36.7 Å². The average molecular weight is 279 g/mol. The molecule has 0 aliphatic heterocycles. The summed E-state index contributed by atoms with van der Waals surface area (Å²) in [5.41, 5.74) is 0.248. The maximum Gasteiger partial charge on any atom is 0.269 e. The molecule has 0 unspecified atom stereocenters. The lowest BCUT2D eigenvalue weighted by Gasteiger charge is -2.08. The van der Waals surface area contributed by atoms with Crippen molar-refractivity contribution in [3.63, 3.8) is 0 Å². The molecule has 7 heteroatoms. The summed E-state index contributed by atoms with van der Waals surface area (Å²) in [6.07, 6.45) is 0.191. The van der Waals surface area contributed by atoms with Gasteiger partial charge in [-0.05, 0) is 26.0 Å². The van der Waals surface area contributed by atoms with Gasteiger partial charge in [0.15, 0.2) is 0 Å². The predicted molar refractivity (Wildman–Crippen MR) is 73.3 cm³/mol. The van der Waals surface area contributed by atoms with E-state index in [4.69, 9.17) is 0 Å². The molecule has 0 bridgehead atoms. The number of hydrogen-bond donors (Lipinski definition) is 2. The minimum atomic E-state index is -0.530. The van der Waals surface area contributed by atoms with Crippen LogP contribution in [0.3, 0.4) is 0 Å². The Bertz CT molecular complexity index is 497. The second kappa shape index (κ2) is 7.22. The number of nitrogens with one attached hydrogen (secondary N) is 2. The van der Waals surface area contributed by atoms with Crippen LogP contribution in [0.5, 0.6) is 0 Å². The first-order valence-electron chi connectivity index (χ1n) is 6.22. The highest BCUT2D eigenvalue weighted by atomic mass is 16.6. The van der Waals surface area contributed by atoms with Gasteiger partial charge in [0.1, 0.15) is 0 Å². The van der Waals surface area contributed by atoms with Crippen molar-refractivity contribution in [2.45, 2.75) is 26.3 Å². The first-order valence-corrected chi connectivity index (χ1v) is 6.22. The van der Waals surface area contributed by atoms with Gasteiger partial charge in [0.25, 0.3) is 11.6 Å². The quantitative estimate of drug-likeness (QED) is 0.604. The Labute approximate surface area is 116 Å². The van der Waals surface area contributed by atoms with E-state index in [1.165, 1.54) is 24.3 Å². The van der Waals surface area contributed by atoms with Gasteiger partial charge in [0.05, 0.1) is 4.92 Å². The molecule has 1 rings (SSSR count). The number of amides is 2. The number of nitro benzene ring substituents is 1. The molecule has 0 fully saturated rings. The van der Waals surface area contributed by atoms with Crippen molar-refractivity contribution in [3.8, 4) is 0 Å². The van der Waals surface area contributed by atoms with Crippen LogP contribution in [0.2, 0.25) is 0 Å². The smallest absolute Gasteiger partial charge is 0.269 e. The standard InChI is InChI=1S/C13H17N3O4/c1-9(2)15-12(17)7-8-14-13(18)10-3-5-11(6-4-10)16(19)20/h3-6,9H,7-8H2,1-2H3,(H,14,18)(H,15,17). The molecule has 0 spiro atoms. The van der Waals surface area contributed by atoms with Crippen LogP contribution in [0.15, 0.2) is 24.3 Å². The molecule has 0 aliphatic rings. The minimum Gasteiger partial charge on any atom is -0.354 e. The molecular formula is C13H17N3O4. The number of rotatable bonds is 6. The van der Waals surface area contributed by atoms with Crippen LogP contribution in [-0.4, -0.2) is 29.3 Å². The molecule has 0 saturated heterocycles. The number of hydrogen-bond acceptors (Lipinski definition) is 4. The molecule has 0 radical (unpaired) electrons. The van der Waals surface area contributed by atoms with Crippen molar-refractivity contribution in [1.82, 2.24) is 10.6 Å². The number of carbonyl (C=O) groups excluding carboxylic acids is 2. The first kappa shape index (κ1) is 15.6. The predicted octanol–water partition coefficient (Wildman–Crippen LogP) is 1.24. The van der Waals surface area contributed by atoms with Crippen molar-refractivity contribution in [2.24, 2.45) is 0 Å². The lowest BCUT2D eigenvalue weighted by molar-refractivity contribution is -0.384. The maximum absolute atomic E-state index is 11.7. The van der Waals surface area contributed by atoms with E-state index >= 15 is 0 Å². The lowest BCUT2D eigenvalue weighted by atomic mass is 10.2. The van der Waals surface area contributed by atoms with E-state index in [1.54, 1.807) is 0 Å². The monoisotopic (exact) mass is 279 g/mol. The minimum absolute atomic E-state index is 0.0628. The molecule has 1 aromatic rings. The fourth-order valence-corrected chi connectivity index (χ4v) is 1.52. The van der Waals surface area contributed by atoms with Gasteiger partial charge in [-0.25, -0.2) is 0 Å². The Morgan fingerprint density at radius 3 is 2.35 bits per heavy atom. The lowest BCUT2D eigenvalue weighted by Crippen LogP contribution is -2.34. The van der Waals surface area contributed by atoms with Crippen molar-refractivity contribution in [3.05, 3.63) is 39.9 Å². The molecule has 0 atom stereocenters. The Morgan fingerprint density at radius 1 is 1.25 bits per heavy atom. The summed E-state index contributed by atoms with van der Waals surface area (Å²) in [5.74, 6) is -0.499.